The molecule has 1 N–H and O–H groups in total. The summed E-state index contributed by atoms with van der Waals surface area (Å²) in [7, 11) is 1.70. The summed E-state index contributed by atoms with van der Waals surface area (Å²) in [5, 5.41) is 6.33. The van der Waals surface area contributed by atoms with Crippen molar-refractivity contribution in [1.82, 2.24) is 9.78 Å². The van der Waals surface area contributed by atoms with Crippen LogP contribution in [-0.4, -0.2) is 15.7 Å². The van der Waals surface area contributed by atoms with Gasteiger partial charge in [-0.2, -0.15) is 5.10 Å². The number of nitrogens with zero attached hydrogens (tertiary/aromatic N) is 2. The molecule has 0 aliphatic heterocycles. The summed E-state index contributed by atoms with van der Waals surface area (Å²) in [6.45, 7) is 1.80. The van der Waals surface area contributed by atoms with Crippen LogP contribution in [0, 0.1) is 18.6 Å². The number of rotatable bonds is 2. The van der Waals surface area contributed by atoms with Crippen molar-refractivity contribution in [3.63, 3.8) is 0 Å². The van der Waals surface area contributed by atoms with Crippen LogP contribution < -0.4 is 5.32 Å². The molecule has 2 rings (SSSR count). The first kappa shape index (κ1) is 12.2. The minimum absolute atomic E-state index is 0.252. The number of aromatic nitrogens is 2. The molecule has 1 heterocycles. The van der Waals surface area contributed by atoms with Gasteiger partial charge in [0.15, 0.2) is 5.82 Å². The van der Waals surface area contributed by atoms with Gasteiger partial charge >= 0.3 is 0 Å². The summed E-state index contributed by atoms with van der Waals surface area (Å²) >= 11 is 0. The van der Waals surface area contributed by atoms with Crippen LogP contribution in [-0.2, 0) is 7.05 Å². The van der Waals surface area contributed by atoms with E-state index >= 15 is 0 Å². The summed E-state index contributed by atoms with van der Waals surface area (Å²) in [4.78, 5) is 11.7. The van der Waals surface area contributed by atoms with Gasteiger partial charge in [0.05, 0.1) is 0 Å². The molecular weight excluding hydrogens is 240 g/mol. The Morgan fingerprint density at radius 2 is 1.94 bits per heavy atom. The van der Waals surface area contributed by atoms with Crippen LogP contribution in [0.3, 0.4) is 0 Å². The molecule has 4 nitrogen and oxygen atoms in total. The zero-order valence-corrected chi connectivity index (χ0v) is 9.87. The Morgan fingerprint density at radius 1 is 1.33 bits per heavy atom. The summed E-state index contributed by atoms with van der Waals surface area (Å²) in [6.07, 6.45) is 0. The summed E-state index contributed by atoms with van der Waals surface area (Å²) in [5.41, 5.74) is 0.208. The van der Waals surface area contributed by atoms with Gasteiger partial charge in [0.25, 0.3) is 5.91 Å². The van der Waals surface area contributed by atoms with Crippen LogP contribution in [0.4, 0.5) is 14.6 Å². The van der Waals surface area contributed by atoms with Crippen molar-refractivity contribution in [1.29, 1.82) is 0 Å². The fourth-order valence-electron chi connectivity index (χ4n) is 1.52. The Kier molecular flexibility index (Phi) is 3.10. The van der Waals surface area contributed by atoms with E-state index in [1.165, 1.54) is 6.07 Å². The van der Waals surface area contributed by atoms with E-state index in [0.717, 1.165) is 17.8 Å². The monoisotopic (exact) mass is 251 g/mol. The molecule has 0 fully saturated rings. The first-order valence-electron chi connectivity index (χ1n) is 5.25. The van der Waals surface area contributed by atoms with E-state index in [4.69, 9.17) is 0 Å². The summed E-state index contributed by atoms with van der Waals surface area (Å²) in [5.74, 6) is -2.41. The maximum Gasteiger partial charge on any atom is 0.262 e. The number of carbonyl (C=O) groups excluding carboxylic acids is 1. The summed E-state index contributed by atoms with van der Waals surface area (Å²) in [6, 6.07) is 4.87. The molecule has 2 aromatic rings. The van der Waals surface area contributed by atoms with E-state index in [1.807, 2.05) is 0 Å². The van der Waals surface area contributed by atoms with Gasteiger partial charge in [-0.1, -0.05) is 6.07 Å². The third-order valence-electron chi connectivity index (χ3n) is 2.55. The lowest BCUT2D eigenvalue weighted by Gasteiger charge is -2.04. The molecular formula is C12H11F2N3O. The Hall–Kier alpha value is -2.24. The summed E-state index contributed by atoms with van der Waals surface area (Å²) < 4.78 is 28.3. The molecule has 18 heavy (non-hydrogen) atoms. The smallest absolute Gasteiger partial charge is 0.262 e. The van der Waals surface area contributed by atoms with Crippen molar-refractivity contribution >= 4 is 11.7 Å². The average Bonchev–Trinajstić information content (AvgIpc) is 2.57. The normalized spacial score (nSPS) is 10.4. The molecule has 0 atom stereocenters. The molecule has 6 heteroatoms. The maximum atomic E-state index is 13.4. The van der Waals surface area contributed by atoms with Crippen molar-refractivity contribution in [2.24, 2.45) is 7.05 Å². The molecule has 0 saturated carbocycles. The lowest BCUT2D eigenvalue weighted by Crippen LogP contribution is -2.16. The van der Waals surface area contributed by atoms with Crippen molar-refractivity contribution in [3.05, 3.63) is 47.2 Å². The predicted molar refractivity (Wildman–Crippen MR) is 62.3 cm³/mol. The topological polar surface area (TPSA) is 46.9 Å². The van der Waals surface area contributed by atoms with Crippen molar-refractivity contribution in [2.45, 2.75) is 6.92 Å². The van der Waals surface area contributed by atoms with Crippen molar-refractivity contribution < 1.29 is 13.6 Å². The van der Waals surface area contributed by atoms with Crippen LogP contribution in [0.2, 0.25) is 0 Å². The van der Waals surface area contributed by atoms with E-state index in [2.05, 4.69) is 10.4 Å². The van der Waals surface area contributed by atoms with Gasteiger partial charge in [-0.25, -0.2) is 8.78 Å². The molecule has 1 aromatic heterocycles. The van der Waals surface area contributed by atoms with Crippen LogP contribution in [0.1, 0.15) is 16.1 Å². The number of aryl methyl sites for hydroxylation is 2. The van der Waals surface area contributed by atoms with Crippen LogP contribution in [0.5, 0.6) is 0 Å². The second-order valence-electron chi connectivity index (χ2n) is 3.85. The van der Waals surface area contributed by atoms with E-state index < -0.39 is 23.1 Å². The Morgan fingerprint density at radius 3 is 2.44 bits per heavy atom. The molecule has 0 saturated heterocycles. The Bertz CT molecular complexity index is 568. The minimum atomic E-state index is -0.903. The lowest BCUT2D eigenvalue weighted by atomic mass is 10.2. The first-order chi connectivity index (χ1) is 8.49. The number of anilines is 1. The molecule has 0 aliphatic carbocycles. The lowest BCUT2D eigenvalue weighted by molar-refractivity contribution is 0.101. The molecule has 0 spiro atoms. The molecule has 0 unspecified atom stereocenters. The van der Waals surface area contributed by atoms with Crippen molar-refractivity contribution in [3.8, 4) is 0 Å². The zero-order valence-electron chi connectivity index (χ0n) is 9.87. The highest BCUT2D eigenvalue weighted by Gasteiger charge is 2.17. The standard InChI is InChI=1S/C12H11F2N3O/c1-7-6-10(16-17(7)2)15-12(18)11-8(13)4-3-5-9(11)14/h3-6H,1-2H3,(H,15,16,18). The van der Waals surface area contributed by atoms with Gasteiger partial charge in [0.2, 0.25) is 0 Å². The van der Waals surface area contributed by atoms with Gasteiger partial charge in [-0.15, -0.1) is 0 Å². The quantitative estimate of drug-likeness (QED) is 0.889. The van der Waals surface area contributed by atoms with Crippen LogP contribution >= 0.6 is 0 Å². The number of amides is 1. The van der Waals surface area contributed by atoms with E-state index in [9.17, 15) is 13.6 Å². The van der Waals surface area contributed by atoms with Gasteiger partial charge in [-0.05, 0) is 19.1 Å². The highest BCUT2D eigenvalue weighted by molar-refractivity contribution is 6.04. The molecule has 0 aliphatic rings. The highest BCUT2D eigenvalue weighted by Crippen LogP contribution is 2.15. The van der Waals surface area contributed by atoms with Gasteiger partial charge in [-0.3, -0.25) is 9.48 Å². The average molecular weight is 251 g/mol. The van der Waals surface area contributed by atoms with E-state index in [-0.39, 0.29) is 5.82 Å². The predicted octanol–water partition coefficient (Wildman–Crippen LogP) is 2.26. The Balaban J connectivity index is 2.27. The van der Waals surface area contributed by atoms with E-state index in [1.54, 1.807) is 24.7 Å². The van der Waals surface area contributed by atoms with Crippen molar-refractivity contribution in [2.75, 3.05) is 5.32 Å². The number of benzene rings is 1. The number of nitrogens with one attached hydrogen (secondary N) is 1. The molecule has 1 amide bonds. The number of halogens is 2. The molecule has 1 aromatic carbocycles. The zero-order chi connectivity index (χ0) is 13.3. The molecule has 0 bridgehead atoms. The molecule has 0 radical (unpaired) electrons. The van der Waals surface area contributed by atoms with Crippen LogP contribution in [0.15, 0.2) is 24.3 Å². The largest absolute Gasteiger partial charge is 0.305 e. The number of hydrogen-bond donors (Lipinski definition) is 1. The van der Waals surface area contributed by atoms with Gasteiger partial charge in [0, 0.05) is 18.8 Å². The highest BCUT2D eigenvalue weighted by atomic mass is 19.1. The van der Waals surface area contributed by atoms with Gasteiger partial charge < -0.3 is 5.32 Å². The Labute approximate surface area is 102 Å². The second kappa shape index (κ2) is 4.56. The minimum Gasteiger partial charge on any atom is -0.305 e. The van der Waals surface area contributed by atoms with E-state index in [0.29, 0.717) is 0 Å². The van der Waals surface area contributed by atoms with Gasteiger partial charge in [0.1, 0.15) is 17.2 Å². The maximum absolute atomic E-state index is 13.4. The first-order valence-corrected chi connectivity index (χ1v) is 5.25. The number of hydrogen-bond acceptors (Lipinski definition) is 2. The molecule has 94 valence electrons. The third-order valence-corrected chi connectivity index (χ3v) is 2.55. The fourth-order valence-corrected chi connectivity index (χ4v) is 1.52. The number of carbonyl (C=O) groups is 1. The fraction of sp³-hybridized carbons (Fsp3) is 0.167. The van der Waals surface area contributed by atoms with Crippen LogP contribution in [0.25, 0.3) is 0 Å². The second-order valence-corrected chi connectivity index (χ2v) is 3.85. The SMILES string of the molecule is Cc1cc(NC(=O)c2c(F)cccc2F)nn1C. The third kappa shape index (κ3) is 2.22.